The number of hydrogen-bond donors (Lipinski definition) is 2. The Morgan fingerprint density at radius 3 is 1.40 bits per heavy atom. The van der Waals surface area contributed by atoms with Crippen LogP contribution in [0, 0.1) is 22.7 Å². The summed E-state index contributed by atoms with van der Waals surface area (Å²) in [5.74, 6) is -0.339. The Bertz CT molecular complexity index is 2370. The highest BCUT2D eigenvalue weighted by atomic mass is 35.5. The van der Waals surface area contributed by atoms with Gasteiger partial charge in [0.1, 0.15) is 0 Å². The van der Waals surface area contributed by atoms with Gasteiger partial charge in [-0.15, -0.1) is 0 Å². The average Bonchev–Trinajstić information content (AvgIpc) is 3.74. The van der Waals surface area contributed by atoms with Gasteiger partial charge in [-0.25, -0.2) is 9.59 Å². The van der Waals surface area contributed by atoms with E-state index in [0.29, 0.717) is 105 Å². The lowest BCUT2D eigenvalue weighted by Crippen LogP contribution is -2.47. The normalized spacial score (nSPS) is 18.8. The molecule has 4 aliphatic heterocycles. The molecule has 0 radical (unpaired) electrons. The van der Waals surface area contributed by atoms with Gasteiger partial charge < -0.3 is 25.3 Å². The van der Waals surface area contributed by atoms with E-state index in [4.69, 9.17) is 23.2 Å². The minimum absolute atomic E-state index is 0.169. The zero-order valence-electron chi connectivity index (χ0n) is 32.6. The van der Waals surface area contributed by atoms with Crippen molar-refractivity contribution in [1.29, 1.82) is 10.5 Å². The van der Waals surface area contributed by atoms with Crippen molar-refractivity contribution in [1.82, 2.24) is 25.3 Å². The molecule has 0 fully saturated rings. The molecule has 0 aliphatic carbocycles. The van der Waals surface area contributed by atoms with E-state index < -0.39 is 12.1 Å². The molecule has 0 spiro atoms. The number of urea groups is 2. The van der Waals surface area contributed by atoms with E-state index >= 15 is 0 Å². The number of nitriles is 2. The van der Waals surface area contributed by atoms with Crippen LogP contribution in [-0.2, 0) is 9.59 Å². The van der Waals surface area contributed by atoms with Crippen molar-refractivity contribution in [3.8, 4) is 12.1 Å². The largest absolute Gasteiger partial charge is 0.333 e. The minimum Gasteiger partial charge on any atom is -0.333 e. The summed E-state index contributed by atoms with van der Waals surface area (Å²) in [5, 5.41) is 25.6. The maximum Gasteiger partial charge on any atom is 0.327 e. The van der Waals surface area contributed by atoms with E-state index in [9.17, 15) is 29.7 Å². The number of benzene rings is 4. The van der Waals surface area contributed by atoms with Crippen LogP contribution in [0.1, 0.15) is 47.2 Å². The Balaban J connectivity index is 0.911. The molecule has 15 heteroatoms. The van der Waals surface area contributed by atoms with Gasteiger partial charge in [0.15, 0.2) is 0 Å². The van der Waals surface area contributed by atoms with Crippen molar-refractivity contribution in [2.24, 2.45) is 0 Å². The first kappa shape index (κ1) is 40.2. The fourth-order valence-electron chi connectivity index (χ4n) is 8.30. The monoisotopic (exact) mass is 839 g/mol. The number of nitrogens with one attached hydrogen (secondary N) is 2. The third-order valence-electron chi connectivity index (χ3n) is 11.2. The summed E-state index contributed by atoms with van der Waals surface area (Å²) in [6.07, 6.45) is 1.33. The highest BCUT2D eigenvalue weighted by molar-refractivity contribution is 6.31. The molecule has 13 nitrogen and oxygen atoms in total. The number of carbonyl (C=O) groups is 4. The minimum atomic E-state index is -0.685. The van der Waals surface area contributed by atoms with Gasteiger partial charge in [0.05, 0.1) is 82.4 Å². The summed E-state index contributed by atoms with van der Waals surface area (Å²) in [7, 11) is 2.00. The van der Waals surface area contributed by atoms with Gasteiger partial charge in [-0.3, -0.25) is 19.4 Å². The second kappa shape index (κ2) is 16.9. The van der Waals surface area contributed by atoms with Crippen molar-refractivity contribution < 1.29 is 19.2 Å². The third-order valence-corrected chi connectivity index (χ3v) is 11.7. The van der Waals surface area contributed by atoms with Crippen LogP contribution in [0.3, 0.4) is 0 Å². The highest BCUT2D eigenvalue weighted by Crippen LogP contribution is 2.41. The molecule has 0 unspecified atom stereocenters. The molecule has 4 aliphatic rings. The first-order valence-corrected chi connectivity index (χ1v) is 20.3. The molecule has 4 heterocycles. The summed E-state index contributed by atoms with van der Waals surface area (Å²) in [5.41, 5.74) is 5.60. The smallest absolute Gasteiger partial charge is 0.327 e. The Morgan fingerprint density at radius 1 is 0.633 bits per heavy atom. The Kier molecular flexibility index (Phi) is 11.3. The van der Waals surface area contributed by atoms with Crippen molar-refractivity contribution in [2.75, 3.05) is 56.1 Å². The molecule has 2 N–H and O–H groups in total. The number of nitrogens with zero attached hydrogens (tertiary/aromatic N) is 7. The van der Waals surface area contributed by atoms with Crippen molar-refractivity contribution in [3.05, 3.63) is 152 Å². The maximum absolute atomic E-state index is 14.1. The van der Waals surface area contributed by atoms with Crippen molar-refractivity contribution in [2.45, 2.75) is 24.9 Å². The van der Waals surface area contributed by atoms with Gasteiger partial charge in [0.2, 0.25) is 0 Å². The summed E-state index contributed by atoms with van der Waals surface area (Å²) in [6.45, 7) is 2.73. The van der Waals surface area contributed by atoms with E-state index in [-0.39, 0.29) is 37.0 Å². The van der Waals surface area contributed by atoms with E-state index in [0.717, 1.165) is 0 Å². The van der Waals surface area contributed by atoms with Crippen LogP contribution >= 0.6 is 23.2 Å². The molecule has 0 saturated heterocycles. The lowest BCUT2D eigenvalue weighted by atomic mass is 9.94. The summed E-state index contributed by atoms with van der Waals surface area (Å²) in [6, 6.07) is 29.7. The van der Waals surface area contributed by atoms with Gasteiger partial charge in [-0.2, -0.15) is 10.5 Å². The number of rotatable bonds is 12. The van der Waals surface area contributed by atoms with Crippen LogP contribution in [0.5, 0.6) is 0 Å². The van der Waals surface area contributed by atoms with Crippen LogP contribution in [0.15, 0.2) is 120 Å². The van der Waals surface area contributed by atoms with E-state index in [2.05, 4.69) is 27.7 Å². The first-order valence-electron chi connectivity index (χ1n) is 19.5. The van der Waals surface area contributed by atoms with Crippen LogP contribution in [-0.4, -0.2) is 84.9 Å². The van der Waals surface area contributed by atoms with Gasteiger partial charge in [0.25, 0.3) is 11.8 Å². The highest BCUT2D eigenvalue weighted by Gasteiger charge is 2.46. The molecule has 0 saturated carbocycles. The molecule has 0 bridgehead atoms. The number of carbonyl (C=O) groups excluding carboxylic acids is 4. The third kappa shape index (κ3) is 7.78. The molecule has 2 atom stereocenters. The molecule has 6 amide bonds. The SMILES string of the molecule is CN(CCCN1CC2=C(C1=O)[C@@H](c1ccc(C#N)cc1)NC(=O)N2c1cccc(Cl)c1)CCCN1CC2=C(C1=O)[C@@H](c1ccc(C#N)cc1)NC(=O)N2c1cccc(Cl)c1. The van der Waals surface area contributed by atoms with Crippen LogP contribution in [0.2, 0.25) is 10.0 Å². The van der Waals surface area contributed by atoms with Gasteiger partial charge in [0, 0.05) is 23.1 Å². The number of amides is 6. The number of anilines is 2. The molecule has 4 aromatic carbocycles. The standard InChI is InChI=1S/C45H39Cl2N9O4/c1-52(18-4-20-53-26-36-38(42(53)57)40(30-14-10-28(24-48)11-15-30)50-44(59)55(36)34-8-2-6-32(46)22-34)19-5-21-54-27-37-39(43(54)58)41(31-16-12-29(25-49)13-17-31)51-45(60)56(37)35-9-3-7-33(47)23-35/h2-3,6-17,22-23,40-41H,4-5,18-21,26-27H2,1H3,(H,50,59)(H,51,60)/t40-,41-/m1/s1. The van der Waals surface area contributed by atoms with Gasteiger partial charge >= 0.3 is 12.1 Å². The maximum atomic E-state index is 14.1. The average molecular weight is 841 g/mol. The number of halogens is 2. The van der Waals surface area contributed by atoms with Crippen LogP contribution < -0.4 is 20.4 Å². The zero-order valence-corrected chi connectivity index (χ0v) is 34.1. The first-order chi connectivity index (χ1) is 29.0. The predicted octanol–water partition coefficient (Wildman–Crippen LogP) is 6.88. The summed E-state index contributed by atoms with van der Waals surface area (Å²) >= 11 is 12.6. The lowest BCUT2D eigenvalue weighted by Gasteiger charge is -2.33. The summed E-state index contributed by atoms with van der Waals surface area (Å²) < 4.78 is 0. The zero-order chi connectivity index (χ0) is 42.1. The summed E-state index contributed by atoms with van der Waals surface area (Å²) in [4.78, 5) is 64.3. The van der Waals surface area contributed by atoms with E-state index in [1.807, 2.05) is 7.05 Å². The Hall–Kier alpha value is -6.64. The topological polar surface area (TPSA) is 156 Å². The number of hydrogen-bond acceptors (Lipinski definition) is 7. The van der Waals surface area contributed by atoms with E-state index in [1.165, 1.54) is 9.80 Å². The second-order valence-electron chi connectivity index (χ2n) is 15.0. The quantitative estimate of drug-likeness (QED) is 0.158. The molecule has 302 valence electrons. The molecule has 4 aromatic rings. The van der Waals surface area contributed by atoms with Crippen molar-refractivity contribution >= 4 is 58.5 Å². The van der Waals surface area contributed by atoms with E-state index in [1.54, 1.807) is 107 Å². The lowest BCUT2D eigenvalue weighted by molar-refractivity contribution is -0.126. The van der Waals surface area contributed by atoms with Crippen molar-refractivity contribution in [3.63, 3.8) is 0 Å². The second-order valence-corrected chi connectivity index (χ2v) is 15.9. The van der Waals surface area contributed by atoms with Gasteiger partial charge in [-0.1, -0.05) is 59.6 Å². The fraction of sp³-hybridized carbons (Fsp3) is 0.244. The molecular formula is C45H39Cl2N9O4. The van der Waals surface area contributed by atoms with Crippen LogP contribution in [0.4, 0.5) is 21.0 Å². The molecule has 60 heavy (non-hydrogen) atoms. The molecule has 0 aromatic heterocycles. The Labute approximate surface area is 357 Å². The fourth-order valence-corrected chi connectivity index (χ4v) is 8.67. The molecule has 8 rings (SSSR count). The predicted molar refractivity (Wildman–Crippen MR) is 227 cm³/mol. The van der Waals surface area contributed by atoms with Crippen LogP contribution in [0.25, 0.3) is 0 Å². The Morgan fingerprint density at radius 2 is 1.03 bits per heavy atom. The van der Waals surface area contributed by atoms with Gasteiger partial charge in [-0.05, 0) is 105 Å². The molecular weight excluding hydrogens is 801 g/mol.